The van der Waals surface area contributed by atoms with E-state index in [9.17, 15) is 4.79 Å². The summed E-state index contributed by atoms with van der Waals surface area (Å²) in [6.45, 7) is 4.70. The van der Waals surface area contributed by atoms with Crippen LogP contribution in [0.2, 0.25) is 0 Å². The molecule has 0 aliphatic heterocycles. The van der Waals surface area contributed by atoms with Crippen LogP contribution in [0.3, 0.4) is 0 Å². The van der Waals surface area contributed by atoms with Gasteiger partial charge in [0, 0.05) is 11.8 Å². The minimum absolute atomic E-state index is 0.279. The average molecular weight is 233 g/mol. The van der Waals surface area contributed by atoms with E-state index >= 15 is 0 Å². The zero-order valence-electron chi connectivity index (χ0n) is 9.97. The lowest BCUT2D eigenvalue weighted by molar-refractivity contribution is 0.0513. The van der Waals surface area contributed by atoms with Gasteiger partial charge in [0.15, 0.2) is 0 Å². The van der Waals surface area contributed by atoms with Gasteiger partial charge in [-0.25, -0.2) is 4.79 Å². The Morgan fingerprint density at radius 3 is 2.94 bits per heavy atom. The third-order valence-electron chi connectivity index (χ3n) is 2.57. The summed E-state index contributed by atoms with van der Waals surface area (Å²) in [5, 5.41) is 0. The number of hydrogen-bond donors (Lipinski definition) is 0. The molecule has 0 bridgehead atoms. The SMILES string of the molecule is CCOC(=O)c1c(C)ccn1Cc1ccoc1. The van der Waals surface area contributed by atoms with Crippen LogP contribution in [0.25, 0.3) is 0 Å². The normalized spacial score (nSPS) is 10.5. The summed E-state index contributed by atoms with van der Waals surface area (Å²) in [7, 11) is 0. The molecule has 2 aromatic heterocycles. The highest BCUT2D eigenvalue weighted by Gasteiger charge is 2.15. The fraction of sp³-hybridized carbons (Fsp3) is 0.308. The number of aromatic nitrogens is 1. The Kier molecular flexibility index (Phi) is 3.32. The van der Waals surface area contributed by atoms with Gasteiger partial charge in [0.2, 0.25) is 0 Å². The highest BCUT2D eigenvalue weighted by Crippen LogP contribution is 2.14. The van der Waals surface area contributed by atoms with Crippen molar-refractivity contribution in [2.75, 3.05) is 6.61 Å². The molecular formula is C13H15NO3. The van der Waals surface area contributed by atoms with E-state index < -0.39 is 0 Å². The van der Waals surface area contributed by atoms with Gasteiger partial charge < -0.3 is 13.7 Å². The van der Waals surface area contributed by atoms with E-state index in [0.29, 0.717) is 18.8 Å². The molecule has 0 N–H and O–H groups in total. The van der Waals surface area contributed by atoms with Crippen molar-refractivity contribution in [2.45, 2.75) is 20.4 Å². The lowest BCUT2D eigenvalue weighted by Crippen LogP contribution is -2.13. The lowest BCUT2D eigenvalue weighted by Gasteiger charge is -2.08. The third kappa shape index (κ3) is 2.41. The predicted octanol–water partition coefficient (Wildman–Crippen LogP) is 2.61. The maximum Gasteiger partial charge on any atom is 0.355 e. The molecule has 0 unspecified atom stereocenters. The molecule has 0 fully saturated rings. The Morgan fingerprint density at radius 1 is 1.47 bits per heavy atom. The van der Waals surface area contributed by atoms with Crippen molar-refractivity contribution >= 4 is 5.97 Å². The van der Waals surface area contributed by atoms with E-state index in [-0.39, 0.29) is 5.97 Å². The van der Waals surface area contributed by atoms with Crippen molar-refractivity contribution in [1.29, 1.82) is 0 Å². The second-order valence-corrected chi connectivity index (χ2v) is 3.83. The number of carbonyl (C=O) groups is 1. The Balaban J connectivity index is 2.26. The van der Waals surface area contributed by atoms with Gasteiger partial charge >= 0.3 is 5.97 Å². The first-order valence-corrected chi connectivity index (χ1v) is 5.56. The van der Waals surface area contributed by atoms with E-state index in [4.69, 9.17) is 9.15 Å². The van der Waals surface area contributed by atoms with Crippen LogP contribution in [-0.2, 0) is 11.3 Å². The molecule has 0 aromatic carbocycles. The number of nitrogens with zero attached hydrogens (tertiary/aromatic N) is 1. The van der Waals surface area contributed by atoms with Crippen molar-refractivity contribution < 1.29 is 13.9 Å². The number of carbonyl (C=O) groups excluding carboxylic acids is 1. The quantitative estimate of drug-likeness (QED) is 0.762. The van der Waals surface area contributed by atoms with Gasteiger partial charge in [-0.05, 0) is 31.5 Å². The number of hydrogen-bond acceptors (Lipinski definition) is 3. The summed E-state index contributed by atoms with van der Waals surface area (Å²) in [5.74, 6) is -0.279. The smallest absolute Gasteiger partial charge is 0.355 e. The first kappa shape index (κ1) is 11.5. The summed E-state index contributed by atoms with van der Waals surface area (Å²) < 4.78 is 11.9. The molecule has 2 heterocycles. The summed E-state index contributed by atoms with van der Waals surface area (Å²) in [5.41, 5.74) is 2.55. The molecule has 4 heteroatoms. The number of furan rings is 1. The summed E-state index contributed by atoms with van der Waals surface area (Å²) in [6, 6.07) is 3.79. The van der Waals surface area contributed by atoms with E-state index in [1.54, 1.807) is 19.5 Å². The van der Waals surface area contributed by atoms with Crippen LogP contribution >= 0.6 is 0 Å². The van der Waals surface area contributed by atoms with E-state index in [1.165, 1.54) is 0 Å². The van der Waals surface area contributed by atoms with E-state index in [0.717, 1.165) is 11.1 Å². The highest BCUT2D eigenvalue weighted by molar-refractivity contribution is 5.89. The predicted molar refractivity (Wildman–Crippen MR) is 62.9 cm³/mol. The van der Waals surface area contributed by atoms with Crippen molar-refractivity contribution in [3.63, 3.8) is 0 Å². The van der Waals surface area contributed by atoms with Crippen LogP contribution in [0.5, 0.6) is 0 Å². The molecule has 0 aliphatic rings. The topological polar surface area (TPSA) is 44.4 Å². The maximum atomic E-state index is 11.8. The molecule has 2 aromatic rings. The summed E-state index contributed by atoms with van der Waals surface area (Å²) in [4.78, 5) is 11.8. The minimum Gasteiger partial charge on any atom is -0.472 e. The van der Waals surface area contributed by atoms with Crippen LogP contribution in [0.4, 0.5) is 0 Å². The maximum absolute atomic E-state index is 11.8. The zero-order chi connectivity index (χ0) is 12.3. The van der Waals surface area contributed by atoms with Gasteiger partial charge in [-0.15, -0.1) is 0 Å². The molecule has 0 saturated heterocycles. The number of ether oxygens (including phenoxy) is 1. The van der Waals surface area contributed by atoms with Crippen LogP contribution in [-0.4, -0.2) is 17.1 Å². The molecule has 4 nitrogen and oxygen atoms in total. The number of esters is 1. The first-order valence-electron chi connectivity index (χ1n) is 5.56. The van der Waals surface area contributed by atoms with Gasteiger partial charge in [-0.2, -0.15) is 0 Å². The molecule has 17 heavy (non-hydrogen) atoms. The molecular weight excluding hydrogens is 218 g/mol. The molecule has 0 spiro atoms. The van der Waals surface area contributed by atoms with Gasteiger partial charge in [-0.1, -0.05) is 0 Å². The molecule has 0 saturated carbocycles. The number of rotatable bonds is 4. The standard InChI is InChI=1S/C13H15NO3/c1-3-17-13(15)12-10(2)4-6-14(12)8-11-5-7-16-9-11/h4-7,9H,3,8H2,1-2H3. The van der Waals surface area contributed by atoms with Crippen LogP contribution in [0, 0.1) is 6.92 Å². The molecule has 0 aliphatic carbocycles. The van der Waals surface area contributed by atoms with Crippen LogP contribution in [0.1, 0.15) is 28.5 Å². The zero-order valence-corrected chi connectivity index (χ0v) is 9.97. The Labute approximate surface area is 99.8 Å². The highest BCUT2D eigenvalue weighted by atomic mass is 16.5. The van der Waals surface area contributed by atoms with Gasteiger partial charge in [0.1, 0.15) is 5.69 Å². The molecule has 0 atom stereocenters. The van der Waals surface area contributed by atoms with Crippen LogP contribution < -0.4 is 0 Å². The summed E-state index contributed by atoms with van der Waals surface area (Å²) >= 11 is 0. The molecule has 0 amide bonds. The van der Waals surface area contributed by atoms with Gasteiger partial charge in [-0.3, -0.25) is 0 Å². The second kappa shape index (κ2) is 4.91. The second-order valence-electron chi connectivity index (χ2n) is 3.83. The Morgan fingerprint density at radius 2 is 2.29 bits per heavy atom. The van der Waals surface area contributed by atoms with E-state index in [2.05, 4.69) is 0 Å². The summed E-state index contributed by atoms with van der Waals surface area (Å²) in [6.07, 6.45) is 5.18. The number of aryl methyl sites for hydroxylation is 1. The van der Waals surface area contributed by atoms with Crippen molar-refractivity contribution in [2.24, 2.45) is 0 Å². The average Bonchev–Trinajstić information content (AvgIpc) is 2.90. The van der Waals surface area contributed by atoms with Gasteiger partial charge in [0.25, 0.3) is 0 Å². The fourth-order valence-electron chi connectivity index (χ4n) is 1.77. The third-order valence-corrected chi connectivity index (χ3v) is 2.57. The van der Waals surface area contributed by atoms with Crippen molar-refractivity contribution in [1.82, 2.24) is 4.57 Å². The Hall–Kier alpha value is -1.97. The van der Waals surface area contributed by atoms with E-state index in [1.807, 2.05) is 29.8 Å². The lowest BCUT2D eigenvalue weighted by atomic mass is 10.2. The largest absolute Gasteiger partial charge is 0.472 e. The Bertz CT molecular complexity index is 497. The monoisotopic (exact) mass is 233 g/mol. The van der Waals surface area contributed by atoms with Crippen LogP contribution in [0.15, 0.2) is 35.3 Å². The molecule has 0 radical (unpaired) electrons. The van der Waals surface area contributed by atoms with Crippen molar-refractivity contribution in [3.05, 3.63) is 47.7 Å². The minimum atomic E-state index is -0.279. The van der Waals surface area contributed by atoms with Crippen molar-refractivity contribution in [3.8, 4) is 0 Å². The molecule has 90 valence electrons. The van der Waals surface area contributed by atoms with Gasteiger partial charge in [0.05, 0.1) is 25.7 Å². The molecule has 2 rings (SSSR count). The fourth-order valence-corrected chi connectivity index (χ4v) is 1.77. The first-order chi connectivity index (χ1) is 8.22.